The monoisotopic (exact) mass is 675 g/mol. The lowest BCUT2D eigenvalue weighted by molar-refractivity contribution is -0.274. The molecule has 3 rings (SSSR count). The zero-order valence-corrected chi connectivity index (χ0v) is 24.0. The van der Waals surface area contributed by atoms with Crippen LogP contribution < -0.4 is 10.1 Å². The van der Waals surface area contributed by atoms with Crippen LogP contribution in [-0.2, 0) is 34.6 Å². The average molecular weight is 676 g/mol. The zero-order valence-electron chi connectivity index (χ0n) is 24.0. The van der Waals surface area contributed by atoms with Crippen LogP contribution in [0.4, 0.5) is 52.7 Å². The van der Waals surface area contributed by atoms with Gasteiger partial charge in [0.1, 0.15) is 11.9 Å². The molecule has 0 aliphatic carbocycles. The Morgan fingerprint density at radius 1 is 0.696 bits per heavy atom. The maximum Gasteiger partial charge on any atom is 0.573 e. The molecule has 0 radical (unpaired) electrons. The van der Waals surface area contributed by atoms with Gasteiger partial charge in [0, 0.05) is 23.7 Å². The predicted molar refractivity (Wildman–Crippen MR) is 140 cm³/mol. The van der Waals surface area contributed by atoms with E-state index in [0.717, 1.165) is 12.1 Å². The van der Waals surface area contributed by atoms with Crippen LogP contribution in [0.15, 0.2) is 54.6 Å². The summed E-state index contributed by atoms with van der Waals surface area (Å²) in [6, 6.07) is 4.91. The standard InChI is InChI=1S/C30H25F12NO3/c1-15(2)18-4-7-25(46-30(40,41)42)23(10-18)22-6-5-19(27(31,32)33)12-24(22)26(45-14-44)16(3)43-13-17-8-20(28(34,35)36)11-21(9-17)29(37,38)39/h4-12,14-16,26,43H,13H2,1-3H3/t16-,26+/m1/s1. The number of nitrogens with one attached hydrogen (secondary N) is 1. The van der Waals surface area contributed by atoms with Gasteiger partial charge in [-0.25, -0.2) is 0 Å². The van der Waals surface area contributed by atoms with Gasteiger partial charge < -0.3 is 14.8 Å². The van der Waals surface area contributed by atoms with Gasteiger partial charge in [0.15, 0.2) is 0 Å². The van der Waals surface area contributed by atoms with Crippen molar-refractivity contribution >= 4 is 6.47 Å². The molecule has 0 aromatic heterocycles. The van der Waals surface area contributed by atoms with Gasteiger partial charge in [0.05, 0.1) is 16.7 Å². The normalized spacial score (nSPS) is 14.3. The first-order chi connectivity index (χ1) is 21.0. The van der Waals surface area contributed by atoms with Gasteiger partial charge in [-0.1, -0.05) is 26.0 Å². The summed E-state index contributed by atoms with van der Waals surface area (Å²) in [6.45, 7) is 3.70. The summed E-state index contributed by atoms with van der Waals surface area (Å²) >= 11 is 0. The Kier molecular flexibility index (Phi) is 10.7. The average Bonchev–Trinajstić information content (AvgIpc) is 2.92. The van der Waals surface area contributed by atoms with Gasteiger partial charge in [0.2, 0.25) is 0 Å². The minimum atomic E-state index is -5.21. The second kappa shape index (κ2) is 13.4. The molecule has 3 aromatic rings. The number of benzene rings is 3. The summed E-state index contributed by atoms with van der Waals surface area (Å²) in [5, 5.41) is 2.55. The first kappa shape index (κ1) is 36.5. The fourth-order valence-electron chi connectivity index (χ4n) is 4.58. The van der Waals surface area contributed by atoms with E-state index in [0.29, 0.717) is 29.8 Å². The molecule has 0 unspecified atom stereocenters. The molecule has 0 amide bonds. The van der Waals surface area contributed by atoms with E-state index in [1.54, 1.807) is 13.8 Å². The van der Waals surface area contributed by atoms with E-state index in [2.05, 4.69) is 10.1 Å². The summed E-state index contributed by atoms with van der Waals surface area (Å²) in [7, 11) is 0. The third-order valence-corrected chi connectivity index (χ3v) is 6.80. The predicted octanol–water partition coefficient (Wildman–Crippen LogP) is 9.82. The third-order valence-electron chi connectivity index (χ3n) is 6.80. The molecule has 0 spiro atoms. The Morgan fingerprint density at radius 3 is 1.74 bits per heavy atom. The van der Waals surface area contributed by atoms with Crippen LogP contribution in [0.1, 0.15) is 66.2 Å². The number of halogens is 12. The van der Waals surface area contributed by atoms with Crippen molar-refractivity contribution in [3.05, 3.63) is 88.0 Å². The minimum absolute atomic E-state index is 0.0912. The van der Waals surface area contributed by atoms with Gasteiger partial charge in [-0.15, -0.1) is 13.2 Å². The van der Waals surface area contributed by atoms with Crippen molar-refractivity contribution in [3.8, 4) is 16.9 Å². The van der Waals surface area contributed by atoms with Crippen LogP contribution >= 0.6 is 0 Å². The molecule has 0 bridgehead atoms. The molecule has 0 aliphatic heterocycles. The van der Waals surface area contributed by atoms with Gasteiger partial charge >= 0.3 is 24.9 Å². The van der Waals surface area contributed by atoms with Gasteiger partial charge in [-0.3, -0.25) is 4.79 Å². The molecular formula is C30H25F12NO3. The Morgan fingerprint density at radius 2 is 1.26 bits per heavy atom. The first-order valence-electron chi connectivity index (χ1n) is 13.2. The largest absolute Gasteiger partial charge is 0.573 e. The summed E-state index contributed by atoms with van der Waals surface area (Å²) in [6.07, 6.45) is -22.2. The Balaban J connectivity index is 2.17. The lowest BCUT2D eigenvalue weighted by Gasteiger charge is -2.28. The molecule has 0 saturated heterocycles. The number of ether oxygens (including phenoxy) is 2. The number of carbonyl (C=O) groups excluding carboxylic acids is 1. The fraction of sp³-hybridized carbons (Fsp3) is 0.367. The van der Waals surface area contributed by atoms with E-state index in [1.807, 2.05) is 0 Å². The van der Waals surface area contributed by atoms with Crippen molar-refractivity contribution in [2.24, 2.45) is 0 Å². The van der Waals surface area contributed by atoms with E-state index >= 15 is 0 Å². The van der Waals surface area contributed by atoms with Gasteiger partial charge in [-0.05, 0) is 72.0 Å². The number of alkyl halides is 12. The lowest BCUT2D eigenvalue weighted by atomic mass is 9.89. The number of carbonyl (C=O) groups is 1. The SMILES string of the molecule is CC(C)c1ccc(OC(F)(F)F)c(-c2ccc(C(F)(F)F)cc2[C@@H](OC=O)[C@@H](C)NCc2cc(C(F)(F)F)cc(C(F)(F)F)c2)c1. The molecule has 0 saturated carbocycles. The number of hydrogen-bond donors (Lipinski definition) is 1. The van der Waals surface area contributed by atoms with Gasteiger partial charge in [-0.2, -0.15) is 39.5 Å². The molecule has 0 fully saturated rings. The molecule has 2 atom stereocenters. The molecule has 16 heteroatoms. The number of hydrogen-bond acceptors (Lipinski definition) is 4. The summed E-state index contributed by atoms with van der Waals surface area (Å²) < 4.78 is 170. The second-order valence-corrected chi connectivity index (χ2v) is 10.5. The maximum absolute atomic E-state index is 13.8. The minimum Gasteiger partial charge on any atom is -0.458 e. The smallest absolute Gasteiger partial charge is 0.458 e. The molecule has 46 heavy (non-hydrogen) atoms. The topological polar surface area (TPSA) is 47.6 Å². The molecule has 0 heterocycles. The van der Waals surface area contributed by atoms with Crippen molar-refractivity contribution in [2.75, 3.05) is 0 Å². The fourth-order valence-corrected chi connectivity index (χ4v) is 4.58. The Labute approximate surface area is 254 Å². The Bertz CT molecular complexity index is 1490. The summed E-state index contributed by atoms with van der Waals surface area (Å²) in [5.74, 6) is -1.07. The Hall–Kier alpha value is -3.95. The maximum atomic E-state index is 13.8. The third kappa shape index (κ3) is 9.30. The highest BCUT2D eigenvalue weighted by Gasteiger charge is 2.38. The highest BCUT2D eigenvalue weighted by Crippen LogP contribution is 2.43. The van der Waals surface area contributed by atoms with E-state index < -0.39 is 77.1 Å². The van der Waals surface area contributed by atoms with Crippen LogP contribution in [-0.4, -0.2) is 18.9 Å². The van der Waals surface area contributed by atoms with Crippen LogP contribution in [0, 0.1) is 0 Å². The molecular weight excluding hydrogens is 650 g/mol. The molecule has 252 valence electrons. The van der Waals surface area contributed by atoms with Crippen LogP contribution in [0.3, 0.4) is 0 Å². The van der Waals surface area contributed by atoms with Gasteiger partial charge in [0.25, 0.3) is 6.47 Å². The highest BCUT2D eigenvalue weighted by atomic mass is 19.4. The van der Waals surface area contributed by atoms with Crippen LogP contribution in [0.25, 0.3) is 11.1 Å². The van der Waals surface area contributed by atoms with Crippen molar-refractivity contribution < 1.29 is 67.0 Å². The van der Waals surface area contributed by atoms with Crippen molar-refractivity contribution in [3.63, 3.8) is 0 Å². The van der Waals surface area contributed by atoms with E-state index in [4.69, 9.17) is 4.74 Å². The summed E-state index contributed by atoms with van der Waals surface area (Å²) in [5.41, 5.74) is -5.67. The molecule has 3 aromatic carbocycles. The van der Waals surface area contributed by atoms with Crippen molar-refractivity contribution in [1.29, 1.82) is 0 Å². The molecule has 0 aliphatic rings. The quantitative estimate of drug-likeness (QED) is 0.172. The zero-order chi connectivity index (χ0) is 34.8. The van der Waals surface area contributed by atoms with E-state index in [9.17, 15) is 57.5 Å². The molecule has 1 N–H and O–H groups in total. The second-order valence-electron chi connectivity index (χ2n) is 10.5. The lowest BCUT2D eigenvalue weighted by Crippen LogP contribution is -2.34. The molecule has 4 nitrogen and oxygen atoms in total. The van der Waals surface area contributed by atoms with Crippen molar-refractivity contribution in [2.45, 2.75) is 70.3 Å². The van der Waals surface area contributed by atoms with Crippen LogP contribution in [0.2, 0.25) is 0 Å². The van der Waals surface area contributed by atoms with E-state index in [-0.39, 0.29) is 29.6 Å². The van der Waals surface area contributed by atoms with Crippen LogP contribution in [0.5, 0.6) is 5.75 Å². The first-order valence-corrected chi connectivity index (χ1v) is 13.2. The van der Waals surface area contributed by atoms with Crippen molar-refractivity contribution in [1.82, 2.24) is 5.32 Å². The number of rotatable bonds is 10. The summed E-state index contributed by atoms with van der Waals surface area (Å²) in [4.78, 5) is 11.5. The van der Waals surface area contributed by atoms with E-state index in [1.165, 1.54) is 19.1 Å². The highest BCUT2D eigenvalue weighted by molar-refractivity contribution is 5.75.